The molecule has 6 nitrogen and oxygen atoms in total. The second-order valence-corrected chi connectivity index (χ2v) is 11.5. The summed E-state index contributed by atoms with van der Waals surface area (Å²) >= 11 is 0. The van der Waals surface area contributed by atoms with E-state index in [0.717, 1.165) is 27.6 Å². The van der Waals surface area contributed by atoms with Gasteiger partial charge in [0.1, 0.15) is 5.82 Å². The average Bonchev–Trinajstić information content (AvgIpc) is 3.33. The Balaban J connectivity index is 1.49. The van der Waals surface area contributed by atoms with Gasteiger partial charge in [-0.15, -0.1) is 0 Å². The summed E-state index contributed by atoms with van der Waals surface area (Å²) in [5.41, 5.74) is 4.08. The smallest absolute Gasteiger partial charge is 0.257 e. The summed E-state index contributed by atoms with van der Waals surface area (Å²) in [6, 6.07) is 8.34. The number of nitrogens with one attached hydrogen (secondary N) is 2. The van der Waals surface area contributed by atoms with Crippen molar-refractivity contribution in [2.45, 2.75) is 18.1 Å². The molecule has 3 aromatic rings. The number of likely N-dealkylation sites (tertiary alicyclic amines) is 1. The minimum absolute atomic E-state index is 0.0713. The van der Waals surface area contributed by atoms with Crippen molar-refractivity contribution in [3.63, 3.8) is 0 Å². The molecule has 0 radical (unpaired) electrons. The Kier molecular flexibility index (Phi) is 6.15. The first kappa shape index (κ1) is 23.2. The van der Waals surface area contributed by atoms with Gasteiger partial charge in [-0.1, -0.05) is 42.0 Å². The third kappa shape index (κ3) is 4.58. The van der Waals surface area contributed by atoms with Gasteiger partial charge in [-0.3, -0.25) is 14.6 Å². The van der Waals surface area contributed by atoms with E-state index in [1.165, 1.54) is 18.4 Å². The molecule has 3 heterocycles. The monoisotopic (exact) mass is 490 g/mol. The second-order valence-electron chi connectivity index (χ2n) is 9.11. The van der Waals surface area contributed by atoms with Crippen LogP contribution in [0.2, 0.25) is 0 Å². The van der Waals surface area contributed by atoms with Gasteiger partial charge in [0, 0.05) is 59.0 Å². The van der Waals surface area contributed by atoms with E-state index < -0.39 is 15.0 Å². The van der Waals surface area contributed by atoms with Crippen molar-refractivity contribution in [1.82, 2.24) is 14.9 Å². The zero-order valence-corrected chi connectivity index (χ0v) is 20.2. The number of hydrogen-bond acceptors (Lipinski definition) is 4. The molecule has 35 heavy (non-hydrogen) atoms. The number of carbonyl (C=O) groups excluding carboxylic acids is 1. The molecule has 1 fully saturated rings. The SMILES string of the molecule is CS(=N)(=O)C1C=CC=CC1C(=C1CCN(C(=O)c2cncc3cc[nH]c23)CC1)c1cccc(F)c1. The largest absolute Gasteiger partial charge is 0.360 e. The predicted octanol–water partition coefficient (Wildman–Crippen LogP) is 5.18. The lowest BCUT2D eigenvalue weighted by atomic mass is 9.81. The van der Waals surface area contributed by atoms with Gasteiger partial charge in [-0.25, -0.2) is 8.60 Å². The number of benzene rings is 1. The van der Waals surface area contributed by atoms with E-state index in [0.29, 0.717) is 31.5 Å². The quantitative estimate of drug-likeness (QED) is 0.528. The maximum atomic E-state index is 14.2. The second kappa shape index (κ2) is 9.26. The van der Waals surface area contributed by atoms with Crippen LogP contribution in [0.1, 0.15) is 28.8 Å². The fourth-order valence-electron chi connectivity index (χ4n) is 5.13. The number of rotatable bonds is 4. The van der Waals surface area contributed by atoms with Crippen molar-refractivity contribution < 1.29 is 13.4 Å². The molecule has 1 amide bonds. The number of aromatic amines is 1. The van der Waals surface area contributed by atoms with Gasteiger partial charge in [0.05, 0.1) is 16.3 Å². The number of carbonyl (C=O) groups is 1. The summed E-state index contributed by atoms with van der Waals surface area (Å²) in [5, 5.41) is 0.387. The van der Waals surface area contributed by atoms with Crippen LogP contribution in [0.4, 0.5) is 4.39 Å². The third-order valence-corrected chi connectivity index (χ3v) is 8.29. The summed E-state index contributed by atoms with van der Waals surface area (Å²) in [7, 11) is -2.89. The Morgan fingerprint density at radius 1 is 1.17 bits per heavy atom. The summed E-state index contributed by atoms with van der Waals surface area (Å²) in [6.07, 6.45) is 15.3. The molecule has 1 saturated heterocycles. The van der Waals surface area contributed by atoms with Crippen LogP contribution in [0.3, 0.4) is 0 Å². The van der Waals surface area contributed by atoms with Crippen LogP contribution in [0.5, 0.6) is 0 Å². The number of halogens is 1. The molecule has 2 aromatic heterocycles. The highest BCUT2D eigenvalue weighted by atomic mass is 32.2. The van der Waals surface area contributed by atoms with Gasteiger partial charge < -0.3 is 9.88 Å². The minimum atomic E-state index is -2.89. The maximum Gasteiger partial charge on any atom is 0.257 e. The number of fused-ring (bicyclic) bond motifs is 1. The lowest BCUT2D eigenvalue weighted by Gasteiger charge is -2.34. The van der Waals surface area contributed by atoms with Crippen LogP contribution >= 0.6 is 0 Å². The predicted molar refractivity (Wildman–Crippen MR) is 137 cm³/mol. The molecule has 0 saturated carbocycles. The molecule has 180 valence electrons. The molecular weight excluding hydrogens is 463 g/mol. The fraction of sp³-hybridized carbons (Fsp3) is 0.259. The zero-order chi connectivity index (χ0) is 24.6. The van der Waals surface area contributed by atoms with Crippen molar-refractivity contribution >= 4 is 32.1 Å². The molecule has 1 aliphatic carbocycles. The Morgan fingerprint density at radius 3 is 2.69 bits per heavy atom. The van der Waals surface area contributed by atoms with Crippen LogP contribution < -0.4 is 0 Å². The summed E-state index contributed by atoms with van der Waals surface area (Å²) in [4.78, 5) is 22.5. The lowest BCUT2D eigenvalue weighted by molar-refractivity contribution is 0.0745. The Hall–Kier alpha value is -3.52. The molecule has 3 atom stereocenters. The normalized spacial score (nSPS) is 21.8. The van der Waals surface area contributed by atoms with Crippen LogP contribution in [-0.4, -0.2) is 49.6 Å². The topological polar surface area (TPSA) is 89.9 Å². The van der Waals surface area contributed by atoms with Crippen molar-refractivity contribution in [3.05, 3.63) is 95.7 Å². The van der Waals surface area contributed by atoms with Gasteiger partial charge in [0.25, 0.3) is 5.91 Å². The number of pyridine rings is 1. The highest BCUT2D eigenvalue weighted by molar-refractivity contribution is 7.92. The molecule has 1 aliphatic heterocycles. The standard InChI is InChI=1S/C27H27FN4O2S/c1-35(29,34)24-8-3-2-7-22(24)25(19-5-4-6-21(28)15-19)18-10-13-32(14-11-18)27(33)23-17-30-16-20-9-12-31-26(20)23/h2-9,12,15-17,22,24,29,31H,10-11,13-14H2,1H3. The van der Waals surface area contributed by atoms with Crippen molar-refractivity contribution in [3.8, 4) is 0 Å². The van der Waals surface area contributed by atoms with Gasteiger partial charge in [-0.2, -0.15) is 0 Å². The average molecular weight is 491 g/mol. The molecule has 2 aliphatic rings. The molecule has 5 rings (SSSR count). The van der Waals surface area contributed by atoms with Crippen molar-refractivity contribution in [2.24, 2.45) is 5.92 Å². The number of aromatic nitrogens is 2. The lowest BCUT2D eigenvalue weighted by Crippen LogP contribution is -2.37. The molecule has 3 unspecified atom stereocenters. The molecule has 1 aromatic carbocycles. The van der Waals surface area contributed by atoms with E-state index in [1.54, 1.807) is 24.7 Å². The van der Waals surface area contributed by atoms with Gasteiger partial charge >= 0.3 is 0 Å². The first-order valence-corrected chi connectivity index (χ1v) is 13.6. The van der Waals surface area contributed by atoms with Gasteiger partial charge in [-0.05, 0) is 42.2 Å². The maximum absolute atomic E-state index is 14.2. The molecule has 8 heteroatoms. The number of allylic oxidation sites excluding steroid dienone is 4. The zero-order valence-electron chi connectivity index (χ0n) is 19.4. The number of H-pyrrole nitrogens is 1. The van der Waals surface area contributed by atoms with E-state index in [1.807, 2.05) is 41.3 Å². The van der Waals surface area contributed by atoms with Crippen LogP contribution in [-0.2, 0) is 9.73 Å². The fourth-order valence-corrected chi connectivity index (χ4v) is 6.30. The number of hydrogen-bond donors (Lipinski definition) is 2. The number of amides is 1. The molecule has 0 spiro atoms. The van der Waals surface area contributed by atoms with Gasteiger partial charge in [0.2, 0.25) is 0 Å². The summed E-state index contributed by atoms with van der Waals surface area (Å²) in [6.45, 7) is 1.03. The van der Waals surface area contributed by atoms with Crippen molar-refractivity contribution in [2.75, 3.05) is 19.3 Å². The Morgan fingerprint density at radius 2 is 1.94 bits per heavy atom. The van der Waals surface area contributed by atoms with Crippen molar-refractivity contribution in [1.29, 1.82) is 4.78 Å². The molecular formula is C27H27FN4O2S. The minimum Gasteiger partial charge on any atom is -0.360 e. The Labute approximate surface area is 204 Å². The van der Waals surface area contributed by atoms with Crippen LogP contribution in [0.15, 0.2) is 78.8 Å². The highest BCUT2D eigenvalue weighted by Gasteiger charge is 2.32. The van der Waals surface area contributed by atoms with E-state index >= 15 is 0 Å². The molecule has 0 bridgehead atoms. The summed E-state index contributed by atoms with van der Waals surface area (Å²) in [5.74, 6) is -0.710. The summed E-state index contributed by atoms with van der Waals surface area (Å²) < 4.78 is 35.4. The van der Waals surface area contributed by atoms with Gasteiger partial charge in [0.15, 0.2) is 0 Å². The van der Waals surface area contributed by atoms with E-state index in [9.17, 15) is 13.4 Å². The third-order valence-electron chi connectivity index (χ3n) is 6.80. The van der Waals surface area contributed by atoms with E-state index in [2.05, 4.69) is 9.97 Å². The van der Waals surface area contributed by atoms with Crippen LogP contribution in [0.25, 0.3) is 16.5 Å². The number of piperidine rings is 1. The van der Waals surface area contributed by atoms with E-state index in [-0.39, 0.29) is 17.6 Å². The first-order valence-electron chi connectivity index (χ1n) is 11.6. The van der Waals surface area contributed by atoms with E-state index in [4.69, 9.17) is 4.78 Å². The first-order chi connectivity index (χ1) is 16.8. The number of nitrogens with zero attached hydrogens (tertiary/aromatic N) is 2. The Bertz CT molecular complexity index is 1480. The van der Waals surface area contributed by atoms with Crippen LogP contribution in [0, 0.1) is 16.5 Å². The highest BCUT2D eigenvalue weighted by Crippen LogP contribution is 2.39. The molecule has 2 N–H and O–H groups in total.